The Morgan fingerprint density at radius 3 is 2.44 bits per heavy atom. The molecule has 6 saturated carbocycles. The van der Waals surface area contributed by atoms with Gasteiger partial charge in [-0.05, 0) is 70.9 Å². The molecule has 1 nitrogen and oxygen atoms in total. The van der Waals surface area contributed by atoms with Crippen LogP contribution in [0.1, 0.15) is 17.2 Å². The zero-order valence-corrected chi connectivity index (χ0v) is 10.3. The third-order valence-electron chi connectivity index (χ3n) is 8.16. The topological polar surface area (TPSA) is 12.0 Å². The molecule has 6 aliphatic carbocycles. The Morgan fingerprint density at radius 2 is 1.67 bits per heavy atom. The maximum absolute atomic E-state index is 3.91. The smallest absolute Gasteiger partial charge is 0.0388 e. The summed E-state index contributed by atoms with van der Waals surface area (Å²) in [5.74, 6) is 8.34. The molecule has 1 aromatic rings. The number of nitrogens with one attached hydrogen (secondary N) is 1. The molecule has 1 unspecified atom stereocenters. The third-order valence-corrected chi connectivity index (χ3v) is 8.16. The maximum Gasteiger partial charge on any atom is 0.0388 e. The molecule has 0 amide bonds. The van der Waals surface area contributed by atoms with Crippen molar-refractivity contribution < 1.29 is 0 Å². The van der Waals surface area contributed by atoms with E-state index in [9.17, 15) is 0 Å². The fraction of sp³-hybridized carbons (Fsp3) is 0.647. The van der Waals surface area contributed by atoms with Gasteiger partial charge in [0.25, 0.3) is 0 Å². The van der Waals surface area contributed by atoms with E-state index >= 15 is 0 Å². The zero-order valence-electron chi connectivity index (χ0n) is 10.3. The van der Waals surface area contributed by atoms with Gasteiger partial charge in [-0.3, -0.25) is 0 Å². The summed E-state index contributed by atoms with van der Waals surface area (Å²) >= 11 is 0. The first-order valence-corrected chi connectivity index (χ1v) is 7.77. The molecule has 8 rings (SSSR count). The average Bonchev–Trinajstić information content (AvgIpc) is 2.47. The molecule has 1 heteroatoms. The van der Waals surface area contributed by atoms with Gasteiger partial charge in [0.15, 0.2) is 0 Å². The van der Waals surface area contributed by atoms with Gasteiger partial charge < -0.3 is 5.32 Å². The minimum absolute atomic E-state index is 0.729. The molecule has 1 atom stereocenters. The van der Waals surface area contributed by atoms with Crippen molar-refractivity contribution in [3.05, 3.63) is 35.4 Å². The van der Waals surface area contributed by atoms with E-state index in [2.05, 4.69) is 29.6 Å². The predicted octanol–water partition coefficient (Wildman–Crippen LogP) is 2.24. The Kier molecular flexibility index (Phi) is 0.975. The van der Waals surface area contributed by atoms with Crippen LogP contribution in [0.3, 0.4) is 0 Å². The summed E-state index contributed by atoms with van der Waals surface area (Å²) in [6.45, 7) is 1.21. The van der Waals surface area contributed by atoms with Crippen molar-refractivity contribution in [1.29, 1.82) is 0 Å². The number of fused-ring (bicyclic) bond motifs is 1. The van der Waals surface area contributed by atoms with Crippen molar-refractivity contribution in [3.63, 3.8) is 0 Å². The molecule has 1 heterocycles. The molecular weight excluding hydrogens is 218 g/mol. The van der Waals surface area contributed by atoms with Gasteiger partial charge in [0, 0.05) is 6.04 Å². The van der Waals surface area contributed by atoms with Crippen LogP contribution in [0.2, 0.25) is 0 Å². The molecule has 0 bridgehead atoms. The van der Waals surface area contributed by atoms with Crippen LogP contribution in [0.25, 0.3) is 0 Å². The van der Waals surface area contributed by atoms with Gasteiger partial charge >= 0.3 is 0 Å². The van der Waals surface area contributed by atoms with Crippen LogP contribution in [0, 0.1) is 46.8 Å². The Balaban J connectivity index is 1.41. The highest BCUT2D eigenvalue weighted by Crippen LogP contribution is 3.07. The first-order valence-electron chi connectivity index (χ1n) is 7.77. The monoisotopic (exact) mass is 235 g/mol. The Bertz CT molecular complexity index is 567. The molecule has 7 aliphatic rings. The van der Waals surface area contributed by atoms with Crippen molar-refractivity contribution in [1.82, 2.24) is 5.32 Å². The van der Waals surface area contributed by atoms with E-state index in [1.807, 2.05) is 0 Å². The molecule has 0 aromatic heterocycles. The summed E-state index contributed by atoms with van der Waals surface area (Å²) in [5.41, 5.74) is 4.07. The van der Waals surface area contributed by atoms with Crippen LogP contribution in [0.5, 0.6) is 0 Å². The van der Waals surface area contributed by atoms with Crippen molar-refractivity contribution >= 4 is 0 Å². The van der Waals surface area contributed by atoms with Crippen molar-refractivity contribution in [3.8, 4) is 0 Å². The summed E-state index contributed by atoms with van der Waals surface area (Å²) in [6.07, 6.45) is 1.24. The highest BCUT2D eigenvalue weighted by Gasteiger charge is 3.05. The first-order chi connectivity index (χ1) is 8.95. The van der Waals surface area contributed by atoms with Crippen LogP contribution in [-0.4, -0.2) is 6.54 Å². The summed E-state index contributed by atoms with van der Waals surface area (Å²) in [6, 6.07) is 9.98. The number of rotatable bonds is 1. The number of benzene rings is 1. The average molecular weight is 235 g/mol. The van der Waals surface area contributed by atoms with Crippen molar-refractivity contribution in [2.24, 2.45) is 46.8 Å². The van der Waals surface area contributed by atoms with Gasteiger partial charge in [0.05, 0.1) is 0 Å². The lowest BCUT2D eigenvalue weighted by atomic mass is 8.95. The highest BCUT2D eigenvalue weighted by molar-refractivity contribution is 5.54. The lowest BCUT2D eigenvalue weighted by molar-refractivity contribution is -0.621. The molecule has 0 saturated heterocycles. The Labute approximate surface area is 107 Å². The van der Waals surface area contributed by atoms with Gasteiger partial charge in [-0.25, -0.2) is 0 Å². The van der Waals surface area contributed by atoms with E-state index in [1.54, 1.807) is 11.1 Å². The second-order valence-corrected chi connectivity index (χ2v) is 7.72. The molecule has 1 aliphatic heterocycles. The second kappa shape index (κ2) is 2.10. The molecule has 0 spiro atoms. The number of hydrogen-bond acceptors (Lipinski definition) is 1. The van der Waals surface area contributed by atoms with E-state index in [0.717, 1.165) is 29.2 Å². The van der Waals surface area contributed by atoms with E-state index in [1.165, 1.54) is 36.6 Å². The molecule has 1 N–H and O–H groups in total. The minimum atomic E-state index is 0.729. The summed E-state index contributed by atoms with van der Waals surface area (Å²) in [4.78, 5) is 0. The maximum atomic E-state index is 3.91. The van der Waals surface area contributed by atoms with Crippen LogP contribution in [0.4, 0.5) is 0 Å². The van der Waals surface area contributed by atoms with E-state index < -0.39 is 0 Å². The van der Waals surface area contributed by atoms with Crippen LogP contribution >= 0.6 is 0 Å². The van der Waals surface area contributed by atoms with E-state index in [0.29, 0.717) is 0 Å². The molecule has 0 radical (unpaired) electrons. The zero-order chi connectivity index (χ0) is 11.2. The van der Waals surface area contributed by atoms with Crippen LogP contribution in [-0.2, 0) is 6.42 Å². The summed E-state index contributed by atoms with van der Waals surface area (Å²) in [7, 11) is 0. The fourth-order valence-corrected chi connectivity index (χ4v) is 8.05. The summed E-state index contributed by atoms with van der Waals surface area (Å²) < 4.78 is 0. The van der Waals surface area contributed by atoms with Gasteiger partial charge in [0.2, 0.25) is 0 Å². The molecule has 18 heavy (non-hydrogen) atoms. The molecule has 6 fully saturated rings. The minimum Gasteiger partial charge on any atom is -0.309 e. The highest BCUT2D eigenvalue weighted by atomic mass is 15.1. The van der Waals surface area contributed by atoms with Gasteiger partial charge in [0.1, 0.15) is 0 Å². The van der Waals surface area contributed by atoms with Gasteiger partial charge in [-0.1, -0.05) is 24.3 Å². The van der Waals surface area contributed by atoms with Crippen molar-refractivity contribution in [2.75, 3.05) is 6.54 Å². The van der Waals surface area contributed by atoms with Gasteiger partial charge in [-0.15, -0.1) is 0 Å². The molecular formula is C17H17N. The quantitative estimate of drug-likeness (QED) is 0.787. The van der Waals surface area contributed by atoms with Crippen molar-refractivity contribution in [2.45, 2.75) is 12.5 Å². The predicted molar refractivity (Wildman–Crippen MR) is 67.8 cm³/mol. The number of hydrogen-bond donors (Lipinski definition) is 1. The fourth-order valence-electron chi connectivity index (χ4n) is 8.05. The van der Waals surface area contributed by atoms with E-state index in [4.69, 9.17) is 0 Å². The molecule has 1 aromatic carbocycles. The third kappa shape index (κ3) is 0.475. The Morgan fingerprint density at radius 1 is 0.944 bits per heavy atom. The lowest BCUT2D eigenvalue weighted by Gasteiger charge is -3.08. The molecule has 90 valence electrons. The first kappa shape index (κ1) is 8.37. The SMILES string of the molecule is c1ccc2c(c1)CCNC2C12C3C4C5C3C1C5C42. The van der Waals surface area contributed by atoms with E-state index in [-0.39, 0.29) is 0 Å². The second-order valence-electron chi connectivity index (χ2n) is 7.72. The standard InChI is InChI=1S/C17H17N/c1-2-4-8-7(3-1)5-6-18-16(8)17-13-10-9-11(13)15(17)12(9)14(10)17/h1-4,9-16,18H,5-6H2. The normalized spacial score (nSPS) is 66.4. The van der Waals surface area contributed by atoms with Crippen LogP contribution < -0.4 is 5.32 Å². The van der Waals surface area contributed by atoms with Crippen LogP contribution in [0.15, 0.2) is 24.3 Å². The lowest BCUT2D eigenvalue weighted by Crippen LogP contribution is -3.06. The van der Waals surface area contributed by atoms with Gasteiger partial charge in [-0.2, -0.15) is 0 Å². The largest absolute Gasteiger partial charge is 0.309 e. The summed E-state index contributed by atoms with van der Waals surface area (Å²) in [5, 5.41) is 3.91. The Hall–Kier alpha value is -0.820.